The van der Waals surface area contributed by atoms with Crippen LogP contribution in [0, 0.1) is 5.82 Å². The minimum Gasteiger partial charge on any atom is -0.490 e. The van der Waals surface area contributed by atoms with Crippen molar-refractivity contribution in [1.29, 1.82) is 0 Å². The number of cyclic esters (lactones) is 1. The van der Waals surface area contributed by atoms with Gasteiger partial charge in [-0.1, -0.05) is 18.2 Å². The standard InChI is InChI=1S/C18H17FN2O4/c19-15-6-1-2-7-16(15)24-10-8-17(22)20-13-4-3-5-14(12-13)21-9-11-25-18(21)23/h1-7,12H,8-11H2,(H,20,22). The van der Waals surface area contributed by atoms with E-state index >= 15 is 0 Å². The van der Waals surface area contributed by atoms with Crippen molar-refractivity contribution in [3.05, 3.63) is 54.3 Å². The smallest absolute Gasteiger partial charge is 0.414 e. The van der Waals surface area contributed by atoms with Crippen LogP contribution in [0.5, 0.6) is 5.75 Å². The zero-order valence-corrected chi connectivity index (χ0v) is 13.4. The summed E-state index contributed by atoms with van der Waals surface area (Å²) in [5.41, 5.74) is 1.22. The van der Waals surface area contributed by atoms with Gasteiger partial charge in [0, 0.05) is 11.4 Å². The summed E-state index contributed by atoms with van der Waals surface area (Å²) >= 11 is 0. The second-order valence-electron chi connectivity index (χ2n) is 5.39. The summed E-state index contributed by atoms with van der Waals surface area (Å²) in [6, 6.07) is 13.0. The maximum absolute atomic E-state index is 13.4. The van der Waals surface area contributed by atoms with Crippen LogP contribution in [0.1, 0.15) is 6.42 Å². The third kappa shape index (κ3) is 4.26. The largest absolute Gasteiger partial charge is 0.490 e. The second-order valence-corrected chi connectivity index (χ2v) is 5.39. The number of amides is 2. The predicted molar refractivity (Wildman–Crippen MR) is 90.3 cm³/mol. The first-order chi connectivity index (χ1) is 12.1. The molecule has 1 aliphatic rings. The first kappa shape index (κ1) is 16.8. The molecule has 0 bridgehead atoms. The van der Waals surface area contributed by atoms with Crippen molar-refractivity contribution in [2.75, 3.05) is 30.0 Å². The molecule has 1 fully saturated rings. The van der Waals surface area contributed by atoms with Gasteiger partial charge in [-0.3, -0.25) is 9.69 Å². The molecule has 2 aromatic carbocycles. The first-order valence-electron chi connectivity index (χ1n) is 7.85. The van der Waals surface area contributed by atoms with E-state index in [0.717, 1.165) is 0 Å². The van der Waals surface area contributed by atoms with Gasteiger partial charge in [0.05, 0.1) is 19.6 Å². The molecule has 0 saturated carbocycles. The molecule has 1 aliphatic heterocycles. The molecular formula is C18H17FN2O4. The summed E-state index contributed by atoms with van der Waals surface area (Å²) in [7, 11) is 0. The molecule has 25 heavy (non-hydrogen) atoms. The Labute approximate surface area is 144 Å². The van der Waals surface area contributed by atoms with Crippen LogP contribution in [0.3, 0.4) is 0 Å². The number of ether oxygens (including phenoxy) is 2. The van der Waals surface area contributed by atoms with Crippen LogP contribution in [0.15, 0.2) is 48.5 Å². The highest BCUT2D eigenvalue weighted by molar-refractivity contribution is 5.93. The number of hydrogen-bond donors (Lipinski definition) is 1. The van der Waals surface area contributed by atoms with Gasteiger partial charge in [0.2, 0.25) is 5.91 Å². The lowest BCUT2D eigenvalue weighted by Gasteiger charge is -2.14. The maximum Gasteiger partial charge on any atom is 0.414 e. The Morgan fingerprint density at radius 1 is 1.24 bits per heavy atom. The van der Waals surface area contributed by atoms with E-state index < -0.39 is 11.9 Å². The van der Waals surface area contributed by atoms with Crippen molar-refractivity contribution < 1.29 is 23.5 Å². The Morgan fingerprint density at radius 2 is 2.08 bits per heavy atom. The number of anilines is 2. The van der Waals surface area contributed by atoms with E-state index in [4.69, 9.17) is 9.47 Å². The van der Waals surface area contributed by atoms with E-state index in [-0.39, 0.29) is 24.7 Å². The number of hydrogen-bond acceptors (Lipinski definition) is 4. The van der Waals surface area contributed by atoms with E-state index in [2.05, 4.69) is 5.32 Å². The maximum atomic E-state index is 13.4. The Hall–Kier alpha value is -3.09. The molecule has 6 nitrogen and oxygen atoms in total. The minimum absolute atomic E-state index is 0.0604. The van der Waals surface area contributed by atoms with E-state index in [0.29, 0.717) is 24.5 Å². The highest BCUT2D eigenvalue weighted by Crippen LogP contribution is 2.22. The van der Waals surface area contributed by atoms with E-state index in [1.165, 1.54) is 17.0 Å². The lowest BCUT2D eigenvalue weighted by Crippen LogP contribution is -2.23. The number of nitrogens with zero attached hydrogens (tertiary/aromatic N) is 1. The number of para-hydroxylation sites is 1. The van der Waals surface area contributed by atoms with Crippen LogP contribution in [-0.4, -0.2) is 31.8 Å². The van der Waals surface area contributed by atoms with Gasteiger partial charge in [0.1, 0.15) is 6.61 Å². The van der Waals surface area contributed by atoms with Crippen LogP contribution >= 0.6 is 0 Å². The van der Waals surface area contributed by atoms with E-state index in [1.807, 2.05) is 0 Å². The summed E-state index contributed by atoms with van der Waals surface area (Å²) in [4.78, 5) is 25.1. The number of rotatable bonds is 6. The fraction of sp³-hybridized carbons (Fsp3) is 0.222. The fourth-order valence-electron chi connectivity index (χ4n) is 2.42. The number of carbonyl (C=O) groups is 2. The highest BCUT2D eigenvalue weighted by Gasteiger charge is 2.23. The summed E-state index contributed by atoms with van der Waals surface area (Å²) in [5.74, 6) is -0.615. The molecule has 1 saturated heterocycles. The fourth-order valence-corrected chi connectivity index (χ4v) is 2.42. The molecule has 1 heterocycles. The van der Waals surface area contributed by atoms with Gasteiger partial charge in [0.25, 0.3) is 0 Å². The zero-order valence-electron chi connectivity index (χ0n) is 13.4. The lowest BCUT2D eigenvalue weighted by molar-refractivity contribution is -0.116. The Morgan fingerprint density at radius 3 is 2.84 bits per heavy atom. The molecule has 130 valence electrons. The van der Waals surface area contributed by atoms with Crippen molar-refractivity contribution in [3.63, 3.8) is 0 Å². The summed E-state index contributed by atoms with van der Waals surface area (Å²) in [6.45, 7) is 0.889. The molecular weight excluding hydrogens is 327 g/mol. The normalized spacial score (nSPS) is 13.5. The molecule has 0 aromatic heterocycles. The number of carbonyl (C=O) groups excluding carboxylic acids is 2. The summed E-state index contributed by atoms with van der Waals surface area (Å²) < 4.78 is 23.6. The highest BCUT2D eigenvalue weighted by atomic mass is 19.1. The van der Waals surface area contributed by atoms with Crippen LogP contribution < -0.4 is 15.0 Å². The molecule has 0 aliphatic carbocycles. The van der Waals surface area contributed by atoms with Gasteiger partial charge in [-0.05, 0) is 30.3 Å². The Kier molecular flexibility index (Phi) is 5.13. The lowest BCUT2D eigenvalue weighted by atomic mass is 10.2. The minimum atomic E-state index is -0.465. The van der Waals surface area contributed by atoms with Crippen LogP contribution in [-0.2, 0) is 9.53 Å². The molecule has 0 spiro atoms. The molecule has 2 aromatic rings. The molecule has 2 amide bonds. The zero-order chi connectivity index (χ0) is 17.6. The first-order valence-corrected chi connectivity index (χ1v) is 7.85. The van der Waals surface area contributed by atoms with Gasteiger partial charge in [-0.2, -0.15) is 0 Å². The monoisotopic (exact) mass is 344 g/mol. The molecule has 3 rings (SSSR count). The third-order valence-corrected chi connectivity index (χ3v) is 3.63. The van der Waals surface area contributed by atoms with E-state index in [1.54, 1.807) is 36.4 Å². The van der Waals surface area contributed by atoms with Crippen molar-refractivity contribution in [1.82, 2.24) is 0 Å². The molecule has 0 unspecified atom stereocenters. The third-order valence-electron chi connectivity index (χ3n) is 3.63. The van der Waals surface area contributed by atoms with Crippen molar-refractivity contribution in [2.24, 2.45) is 0 Å². The molecule has 0 atom stereocenters. The summed E-state index contributed by atoms with van der Waals surface area (Å²) in [6.07, 6.45) is -0.327. The second kappa shape index (κ2) is 7.65. The van der Waals surface area contributed by atoms with Gasteiger partial charge >= 0.3 is 6.09 Å². The predicted octanol–water partition coefficient (Wildman–Crippen LogP) is 3.19. The van der Waals surface area contributed by atoms with Crippen LogP contribution in [0.4, 0.5) is 20.6 Å². The van der Waals surface area contributed by atoms with Gasteiger partial charge in [-0.25, -0.2) is 9.18 Å². The number of halogens is 1. The number of benzene rings is 2. The topological polar surface area (TPSA) is 67.9 Å². The Balaban J connectivity index is 1.53. The van der Waals surface area contributed by atoms with Gasteiger partial charge in [0.15, 0.2) is 11.6 Å². The van der Waals surface area contributed by atoms with Crippen molar-refractivity contribution in [3.8, 4) is 5.75 Å². The molecule has 7 heteroatoms. The van der Waals surface area contributed by atoms with Crippen LogP contribution in [0.2, 0.25) is 0 Å². The Bertz CT molecular complexity index is 781. The SMILES string of the molecule is O=C(CCOc1ccccc1F)Nc1cccc(N2CCOC2=O)c1. The van der Waals surface area contributed by atoms with Gasteiger partial charge < -0.3 is 14.8 Å². The van der Waals surface area contributed by atoms with Crippen molar-refractivity contribution in [2.45, 2.75) is 6.42 Å². The quantitative estimate of drug-likeness (QED) is 0.874. The van der Waals surface area contributed by atoms with Crippen molar-refractivity contribution >= 4 is 23.4 Å². The average molecular weight is 344 g/mol. The molecule has 1 N–H and O–H groups in total. The number of nitrogens with one attached hydrogen (secondary N) is 1. The van der Waals surface area contributed by atoms with Crippen LogP contribution in [0.25, 0.3) is 0 Å². The summed E-state index contributed by atoms with van der Waals surface area (Å²) in [5, 5.41) is 2.73. The average Bonchev–Trinajstić information content (AvgIpc) is 3.03. The van der Waals surface area contributed by atoms with Gasteiger partial charge in [-0.15, -0.1) is 0 Å². The van der Waals surface area contributed by atoms with E-state index in [9.17, 15) is 14.0 Å². The molecule has 0 radical (unpaired) electrons.